The maximum absolute atomic E-state index is 13.8. The van der Waals surface area contributed by atoms with Gasteiger partial charge < -0.3 is 24.4 Å². The van der Waals surface area contributed by atoms with Gasteiger partial charge in [0.05, 0.1) is 42.9 Å². The number of likely N-dealkylation sites (tertiary alicyclic amines) is 1. The zero-order chi connectivity index (χ0) is 26.8. The molecule has 0 aliphatic carbocycles. The number of hydrogen-bond donors (Lipinski definition) is 1. The average Bonchev–Trinajstić information content (AvgIpc) is 3.59. The predicted molar refractivity (Wildman–Crippen MR) is 129 cm³/mol. The number of anilines is 2. The third-order valence-electron chi connectivity index (χ3n) is 7.50. The van der Waals surface area contributed by atoms with Crippen LogP contribution in [0.4, 0.5) is 25.0 Å². The summed E-state index contributed by atoms with van der Waals surface area (Å²) >= 11 is 0. The first-order valence-corrected chi connectivity index (χ1v) is 12.2. The van der Waals surface area contributed by atoms with Crippen molar-refractivity contribution in [3.63, 3.8) is 0 Å². The number of hydrogen-bond acceptors (Lipinski definition) is 6. The summed E-state index contributed by atoms with van der Waals surface area (Å²) in [4.78, 5) is 47.5. The van der Waals surface area contributed by atoms with E-state index in [2.05, 4.69) is 15.4 Å². The molecular formula is C25H25F2N7O4. The van der Waals surface area contributed by atoms with Crippen LogP contribution in [0.25, 0.3) is 0 Å². The van der Waals surface area contributed by atoms with Crippen LogP contribution >= 0.6 is 0 Å². The van der Waals surface area contributed by atoms with Gasteiger partial charge in [-0.3, -0.25) is 14.3 Å². The number of nitrogens with one attached hydrogen (secondary N) is 1. The van der Waals surface area contributed by atoms with E-state index >= 15 is 0 Å². The molecule has 5 heterocycles. The van der Waals surface area contributed by atoms with Crippen LogP contribution in [-0.4, -0.2) is 68.1 Å². The first-order chi connectivity index (χ1) is 18.1. The van der Waals surface area contributed by atoms with Crippen LogP contribution in [-0.2, 0) is 17.9 Å². The molecule has 38 heavy (non-hydrogen) atoms. The first-order valence-electron chi connectivity index (χ1n) is 12.2. The van der Waals surface area contributed by atoms with Crippen LogP contribution in [0.3, 0.4) is 0 Å². The van der Waals surface area contributed by atoms with Crippen LogP contribution in [0.2, 0.25) is 0 Å². The average molecular weight is 526 g/mol. The lowest BCUT2D eigenvalue weighted by Gasteiger charge is -2.46. The van der Waals surface area contributed by atoms with E-state index in [9.17, 15) is 23.2 Å². The summed E-state index contributed by atoms with van der Waals surface area (Å²) in [6.07, 6.45) is 4.68. The molecule has 0 unspecified atom stereocenters. The van der Waals surface area contributed by atoms with Crippen molar-refractivity contribution in [3.05, 3.63) is 59.6 Å². The predicted octanol–water partition coefficient (Wildman–Crippen LogP) is 2.77. The third-order valence-corrected chi connectivity index (χ3v) is 7.50. The summed E-state index contributed by atoms with van der Waals surface area (Å²) in [6, 6.07) is 1.62. The zero-order valence-electron chi connectivity index (χ0n) is 20.8. The Morgan fingerprint density at radius 3 is 2.71 bits per heavy atom. The normalized spacial score (nSPS) is 20.1. The molecular weight excluding hydrogens is 500 g/mol. The fraction of sp³-hybridized carbons (Fsp3) is 0.400. The van der Waals surface area contributed by atoms with E-state index in [4.69, 9.17) is 4.42 Å². The van der Waals surface area contributed by atoms with Crippen molar-refractivity contribution < 1.29 is 27.6 Å². The minimum absolute atomic E-state index is 0.0257. The van der Waals surface area contributed by atoms with Gasteiger partial charge in [-0.2, -0.15) is 5.10 Å². The second-order valence-corrected chi connectivity index (χ2v) is 10.3. The monoisotopic (exact) mass is 525 g/mol. The molecule has 1 atom stereocenters. The number of fused-ring (bicyclic) bond motifs is 1. The Labute approximate surface area is 216 Å². The molecule has 2 saturated heterocycles. The molecule has 2 fully saturated rings. The van der Waals surface area contributed by atoms with Crippen LogP contribution in [0.15, 0.2) is 35.2 Å². The highest BCUT2D eigenvalue weighted by atomic mass is 19.2. The van der Waals surface area contributed by atoms with Crippen LogP contribution in [0.1, 0.15) is 35.3 Å². The largest absolute Gasteiger partial charge is 0.441 e. The lowest BCUT2D eigenvalue weighted by atomic mass is 9.79. The summed E-state index contributed by atoms with van der Waals surface area (Å²) in [5, 5.41) is 7.10. The van der Waals surface area contributed by atoms with Gasteiger partial charge in [-0.1, -0.05) is 0 Å². The number of aryl methyl sites for hydroxylation is 1. The molecule has 3 aliphatic heterocycles. The van der Waals surface area contributed by atoms with Crippen molar-refractivity contribution in [1.82, 2.24) is 24.6 Å². The van der Waals surface area contributed by atoms with Crippen molar-refractivity contribution in [2.24, 2.45) is 5.41 Å². The quantitative estimate of drug-likeness (QED) is 0.562. The van der Waals surface area contributed by atoms with E-state index in [1.54, 1.807) is 25.6 Å². The molecule has 4 amide bonds. The summed E-state index contributed by atoms with van der Waals surface area (Å²) in [5.74, 6) is -2.34. The Hall–Kier alpha value is -4.29. The van der Waals surface area contributed by atoms with Gasteiger partial charge in [0.25, 0.3) is 5.89 Å². The highest BCUT2D eigenvalue weighted by molar-refractivity contribution is 5.98. The van der Waals surface area contributed by atoms with Crippen molar-refractivity contribution in [2.45, 2.75) is 39.4 Å². The molecule has 198 valence electrons. The summed E-state index contributed by atoms with van der Waals surface area (Å²) in [5.41, 5.74) is 1.21. The molecule has 0 bridgehead atoms. The van der Waals surface area contributed by atoms with E-state index in [0.717, 1.165) is 6.07 Å². The van der Waals surface area contributed by atoms with Gasteiger partial charge in [0.1, 0.15) is 6.26 Å². The van der Waals surface area contributed by atoms with Crippen LogP contribution < -0.4 is 10.2 Å². The molecule has 0 radical (unpaired) electrons. The second kappa shape index (κ2) is 8.64. The maximum atomic E-state index is 13.8. The Morgan fingerprint density at radius 1 is 1.21 bits per heavy atom. The van der Waals surface area contributed by atoms with Crippen molar-refractivity contribution in [1.29, 1.82) is 0 Å². The van der Waals surface area contributed by atoms with Gasteiger partial charge in [0.15, 0.2) is 11.6 Å². The zero-order valence-corrected chi connectivity index (χ0v) is 20.8. The summed E-state index contributed by atoms with van der Waals surface area (Å²) < 4.78 is 34.4. The van der Waals surface area contributed by atoms with Gasteiger partial charge in [-0.25, -0.2) is 18.6 Å². The van der Waals surface area contributed by atoms with Crippen LogP contribution in [0, 0.1) is 24.0 Å². The number of benzene rings is 1. The molecule has 3 aromatic rings. The molecule has 1 N–H and O–H groups in total. The van der Waals surface area contributed by atoms with Crippen molar-refractivity contribution in [2.75, 3.05) is 29.9 Å². The maximum Gasteiger partial charge on any atom is 0.322 e. The smallest absolute Gasteiger partial charge is 0.322 e. The number of amides is 4. The highest BCUT2D eigenvalue weighted by Gasteiger charge is 2.54. The number of oxazole rings is 1. The number of urea groups is 1. The number of carbonyl (C=O) groups is 3. The lowest BCUT2D eigenvalue weighted by Crippen LogP contribution is -2.59. The summed E-state index contributed by atoms with van der Waals surface area (Å²) in [6.45, 7) is 5.13. The van der Waals surface area contributed by atoms with Crippen molar-refractivity contribution >= 4 is 29.2 Å². The molecule has 1 aromatic carbocycles. The standard InChI is InChI=1S/C25H25F2N7O4/c1-14-5-16(6-17(26)21(14)27)30-24(37)32-10-19-18(8-29-34(19)9-15(32)2)33-13-25(7-20(33)35)11-31(12-25)23(36)22-28-3-4-38-22/h3-6,8,15H,7,9-13H2,1-2H3,(H,30,37)/t15-/m0/s1. The number of halogens is 2. The number of rotatable bonds is 3. The Kier molecular flexibility index (Phi) is 5.47. The van der Waals surface area contributed by atoms with Gasteiger partial charge in [0, 0.05) is 43.2 Å². The summed E-state index contributed by atoms with van der Waals surface area (Å²) in [7, 11) is 0. The fourth-order valence-electron chi connectivity index (χ4n) is 5.58. The van der Waals surface area contributed by atoms with Gasteiger partial charge in [-0.15, -0.1) is 0 Å². The Morgan fingerprint density at radius 2 is 2.00 bits per heavy atom. The highest BCUT2D eigenvalue weighted by Crippen LogP contribution is 2.43. The topological polar surface area (TPSA) is 117 Å². The van der Waals surface area contributed by atoms with Gasteiger partial charge >= 0.3 is 11.9 Å². The molecule has 13 heteroatoms. The van der Waals surface area contributed by atoms with E-state index in [1.807, 2.05) is 6.92 Å². The third kappa shape index (κ3) is 3.89. The molecule has 1 spiro atoms. The molecule has 11 nitrogen and oxygen atoms in total. The molecule has 2 aromatic heterocycles. The van der Waals surface area contributed by atoms with E-state index < -0.39 is 17.7 Å². The second-order valence-electron chi connectivity index (χ2n) is 10.3. The van der Waals surface area contributed by atoms with Crippen molar-refractivity contribution in [3.8, 4) is 0 Å². The lowest BCUT2D eigenvalue weighted by molar-refractivity contribution is -0.118. The molecule has 0 saturated carbocycles. The van der Waals surface area contributed by atoms with E-state index in [-0.39, 0.29) is 47.0 Å². The number of carbonyl (C=O) groups excluding carboxylic acids is 3. The van der Waals surface area contributed by atoms with Gasteiger partial charge in [0.2, 0.25) is 5.91 Å². The SMILES string of the molecule is Cc1cc(NC(=O)N2Cc3c(N4CC5(CC4=O)CN(C(=O)c4ncco4)C5)cnn3C[C@@H]2C)cc(F)c1F. The van der Waals surface area contributed by atoms with Gasteiger partial charge in [-0.05, 0) is 25.5 Å². The molecule has 3 aliphatic rings. The van der Waals surface area contributed by atoms with E-state index in [0.29, 0.717) is 44.0 Å². The van der Waals surface area contributed by atoms with E-state index in [1.165, 1.54) is 25.5 Å². The minimum atomic E-state index is -1.04. The minimum Gasteiger partial charge on any atom is -0.441 e. The molecule has 6 rings (SSSR count). The fourth-order valence-corrected chi connectivity index (χ4v) is 5.58. The van der Waals surface area contributed by atoms with Crippen LogP contribution in [0.5, 0.6) is 0 Å². The first kappa shape index (κ1) is 24.1. The number of aromatic nitrogens is 3. The Balaban J connectivity index is 1.17. The Bertz CT molecular complexity index is 1420. The number of nitrogens with zero attached hydrogens (tertiary/aromatic N) is 6.